The van der Waals surface area contributed by atoms with Gasteiger partial charge in [-0.3, -0.25) is 0 Å². The molecule has 0 spiro atoms. The smallest absolute Gasteiger partial charge is 0.339 e. The van der Waals surface area contributed by atoms with Gasteiger partial charge in [0.25, 0.3) is 0 Å². The largest absolute Gasteiger partial charge is 0.478 e. The van der Waals surface area contributed by atoms with Crippen molar-refractivity contribution in [1.29, 1.82) is 0 Å². The lowest BCUT2D eigenvalue weighted by molar-refractivity contribution is 0.0692. The van der Waals surface area contributed by atoms with E-state index < -0.39 is 5.97 Å². The molecule has 0 heterocycles. The molecule has 6 N–H and O–H groups in total. The molecule has 0 aromatic heterocycles. The number of rotatable bonds is 2. The van der Waals surface area contributed by atoms with Gasteiger partial charge in [-0.2, -0.15) is 5.90 Å². The summed E-state index contributed by atoms with van der Waals surface area (Å²) in [5.74, 6) is 3.94. The molecule has 0 aliphatic carbocycles. The third-order valence-corrected chi connectivity index (χ3v) is 1.24. The maximum atomic E-state index is 10.4. The Morgan fingerprint density at radius 3 is 1.65 bits per heavy atom. The Kier molecular flexibility index (Phi) is 23.0. The highest BCUT2D eigenvalue weighted by molar-refractivity contribution is 5.90. The quantitative estimate of drug-likeness (QED) is 0.505. The van der Waals surface area contributed by atoms with Crippen LogP contribution in [0.5, 0.6) is 5.75 Å². The van der Waals surface area contributed by atoms with Crippen molar-refractivity contribution in [3.63, 3.8) is 0 Å². The van der Waals surface area contributed by atoms with E-state index in [4.69, 9.17) is 26.3 Å². The van der Waals surface area contributed by atoms with Crippen LogP contribution in [0.15, 0.2) is 24.3 Å². The average molecular weight is 291 g/mol. The monoisotopic (exact) mass is 291 g/mol. The minimum Gasteiger partial charge on any atom is -0.478 e. The number of aliphatic hydroxyl groups excluding tert-OH is 3. The van der Waals surface area contributed by atoms with Crippen LogP contribution in [-0.4, -0.2) is 46.2 Å². The number of carboxylic acids is 1. The maximum absolute atomic E-state index is 10.4. The molecule has 0 amide bonds. The minimum atomic E-state index is -1.05. The van der Waals surface area contributed by atoms with Crippen molar-refractivity contribution in [3.05, 3.63) is 29.8 Å². The topological polar surface area (TPSA) is 133 Å². The third-order valence-electron chi connectivity index (χ3n) is 1.24. The molecular formula is C13H25NO6. The molecule has 1 aromatic carbocycles. The average Bonchev–Trinajstić information content (AvgIpc) is 2.41. The number of benzene rings is 1. The van der Waals surface area contributed by atoms with Crippen LogP contribution >= 0.6 is 0 Å². The lowest BCUT2D eigenvalue weighted by Crippen LogP contribution is -2.07. The summed E-state index contributed by atoms with van der Waals surface area (Å²) >= 11 is 0. The van der Waals surface area contributed by atoms with Gasteiger partial charge in [0, 0.05) is 19.8 Å². The molecule has 0 unspecified atom stereocenters. The number of aliphatic hydroxyl groups is 3. The molecule has 0 fully saturated rings. The first-order valence-electron chi connectivity index (χ1n) is 6.01. The van der Waals surface area contributed by atoms with E-state index in [0.717, 1.165) is 0 Å². The Bertz CT molecular complexity index is 315. The van der Waals surface area contributed by atoms with Crippen LogP contribution in [0.1, 0.15) is 31.1 Å². The molecule has 1 rings (SSSR count). The van der Waals surface area contributed by atoms with Crippen molar-refractivity contribution < 1.29 is 30.1 Å². The van der Waals surface area contributed by atoms with Gasteiger partial charge in [-0.15, -0.1) is 0 Å². The summed E-state index contributed by atoms with van der Waals surface area (Å²) < 4.78 is 0. The lowest BCUT2D eigenvalue weighted by Gasteiger charge is -2.00. The zero-order chi connectivity index (χ0) is 16.4. The van der Waals surface area contributed by atoms with Gasteiger partial charge in [0.05, 0.1) is 0 Å². The van der Waals surface area contributed by atoms with E-state index in [0.29, 0.717) is 0 Å². The van der Waals surface area contributed by atoms with E-state index in [1.807, 2.05) is 0 Å². The predicted octanol–water partition coefficient (Wildman–Crippen LogP) is 0.633. The highest BCUT2D eigenvalue weighted by atomic mass is 16.6. The van der Waals surface area contributed by atoms with Gasteiger partial charge in [-0.1, -0.05) is 12.1 Å². The number of nitrogens with two attached hydrogens (primary N) is 1. The Labute approximate surface area is 119 Å². The van der Waals surface area contributed by atoms with Crippen LogP contribution in [0.2, 0.25) is 0 Å². The Hall–Kier alpha value is -1.67. The predicted molar refractivity (Wildman–Crippen MR) is 76.5 cm³/mol. The highest BCUT2D eigenvalue weighted by Crippen LogP contribution is 2.15. The molecule has 1 aromatic rings. The van der Waals surface area contributed by atoms with Crippen LogP contribution in [0.3, 0.4) is 0 Å². The zero-order valence-corrected chi connectivity index (χ0v) is 12.1. The van der Waals surface area contributed by atoms with E-state index in [1.54, 1.807) is 32.9 Å². The second-order valence-electron chi connectivity index (χ2n) is 2.87. The molecule has 0 bridgehead atoms. The van der Waals surface area contributed by atoms with Gasteiger partial charge in [-0.25, -0.2) is 4.79 Å². The summed E-state index contributed by atoms with van der Waals surface area (Å²) in [6, 6.07) is 6.16. The van der Waals surface area contributed by atoms with Crippen molar-refractivity contribution in [2.45, 2.75) is 20.8 Å². The molecule has 0 aliphatic heterocycles. The fourth-order valence-electron chi connectivity index (χ4n) is 0.746. The van der Waals surface area contributed by atoms with E-state index in [2.05, 4.69) is 4.84 Å². The molecule has 0 radical (unpaired) electrons. The van der Waals surface area contributed by atoms with Crippen LogP contribution in [-0.2, 0) is 0 Å². The summed E-state index contributed by atoms with van der Waals surface area (Å²) in [6.45, 7) is 5.79. The van der Waals surface area contributed by atoms with Gasteiger partial charge >= 0.3 is 5.97 Å². The van der Waals surface area contributed by atoms with Crippen molar-refractivity contribution in [3.8, 4) is 5.75 Å². The minimum absolute atomic E-state index is 0.0648. The summed E-state index contributed by atoms with van der Waals surface area (Å²) in [5, 5.41) is 31.3. The lowest BCUT2D eigenvalue weighted by atomic mass is 10.2. The van der Waals surface area contributed by atoms with Crippen molar-refractivity contribution >= 4 is 5.97 Å². The fourth-order valence-corrected chi connectivity index (χ4v) is 0.746. The molecule has 0 saturated heterocycles. The normalized spacial score (nSPS) is 7.75. The van der Waals surface area contributed by atoms with Crippen LogP contribution in [0.4, 0.5) is 0 Å². The van der Waals surface area contributed by atoms with Crippen molar-refractivity contribution in [1.82, 2.24) is 0 Å². The molecule has 20 heavy (non-hydrogen) atoms. The first kappa shape index (κ1) is 23.4. The molecule has 0 saturated carbocycles. The Morgan fingerprint density at radius 2 is 1.40 bits per heavy atom. The highest BCUT2D eigenvalue weighted by Gasteiger charge is 2.08. The summed E-state index contributed by atoms with van der Waals surface area (Å²) in [5.41, 5.74) is 0.0648. The van der Waals surface area contributed by atoms with E-state index >= 15 is 0 Å². The van der Waals surface area contributed by atoms with Crippen LogP contribution in [0.25, 0.3) is 0 Å². The van der Waals surface area contributed by atoms with Gasteiger partial charge in [0.1, 0.15) is 5.56 Å². The first-order chi connectivity index (χ1) is 9.50. The molecule has 7 heteroatoms. The van der Waals surface area contributed by atoms with Crippen molar-refractivity contribution in [2.75, 3.05) is 19.8 Å². The molecule has 7 nitrogen and oxygen atoms in total. The summed E-state index contributed by atoms with van der Waals surface area (Å²) in [7, 11) is 0. The molecule has 0 atom stereocenters. The van der Waals surface area contributed by atoms with Gasteiger partial charge < -0.3 is 25.3 Å². The number of hydrogen-bond acceptors (Lipinski definition) is 6. The maximum Gasteiger partial charge on any atom is 0.339 e. The number of carboxylic acid groups (broad SMARTS) is 1. The third kappa shape index (κ3) is 16.3. The fraction of sp³-hybridized carbons (Fsp3) is 0.462. The number of hydrogen-bond donors (Lipinski definition) is 5. The van der Waals surface area contributed by atoms with E-state index in [1.165, 1.54) is 12.1 Å². The Morgan fingerprint density at radius 1 is 1.05 bits per heavy atom. The van der Waals surface area contributed by atoms with Crippen LogP contribution in [0, 0.1) is 0 Å². The SMILES string of the molecule is CCO.CCO.CCO.NOc1ccccc1C(=O)O. The van der Waals surface area contributed by atoms with Crippen molar-refractivity contribution in [2.24, 2.45) is 5.90 Å². The molecule has 118 valence electrons. The van der Waals surface area contributed by atoms with Gasteiger partial charge in [0.15, 0.2) is 5.75 Å². The van der Waals surface area contributed by atoms with E-state index in [-0.39, 0.29) is 31.1 Å². The standard InChI is InChI=1S/C7H7NO3.3C2H6O/c8-11-6-4-2-1-3-5(6)7(9)10;3*1-2-3/h1-4H,8H2,(H,9,10);3*3H,2H2,1H3. The molecular weight excluding hydrogens is 266 g/mol. The van der Waals surface area contributed by atoms with E-state index in [9.17, 15) is 4.79 Å². The second kappa shape index (κ2) is 19.7. The zero-order valence-electron chi connectivity index (χ0n) is 12.1. The first-order valence-corrected chi connectivity index (χ1v) is 6.01. The Balaban J connectivity index is -0.000000268. The summed E-state index contributed by atoms with van der Waals surface area (Å²) in [6.07, 6.45) is 0. The van der Waals surface area contributed by atoms with Gasteiger partial charge in [0.2, 0.25) is 0 Å². The number of aromatic carboxylic acids is 1. The second-order valence-corrected chi connectivity index (χ2v) is 2.87. The van der Waals surface area contributed by atoms with Gasteiger partial charge in [-0.05, 0) is 32.9 Å². The van der Waals surface area contributed by atoms with Crippen LogP contribution < -0.4 is 10.7 Å². The number of carbonyl (C=O) groups is 1. The summed E-state index contributed by atoms with van der Waals surface area (Å²) in [4.78, 5) is 14.8. The molecule has 0 aliphatic rings. The number of para-hydroxylation sites is 1.